The van der Waals surface area contributed by atoms with E-state index in [1.807, 2.05) is 37.3 Å². The van der Waals surface area contributed by atoms with Gasteiger partial charge in [0.2, 0.25) is 0 Å². The summed E-state index contributed by atoms with van der Waals surface area (Å²) in [7, 11) is 1.69. The van der Waals surface area contributed by atoms with Gasteiger partial charge < -0.3 is 4.90 Å². The number of hydrogen-bond donors (Lipinski definition) is 0. The number of carbonyl (C=O) groups is 2. The molecule has 26 heavy (non-hydrogen) atoms. The summed E-state index contributed by atoms with van der Waals surface area (Å²) in [5, 5.41) is 0.763. The third-order valence-electron chi connectivity index (χ3n) is 4.83. The van der Waals surface area contributed by atoms with Gasteiger partial charge in [0.05, 0.1) is 5.69 Å². The van der Waals surface area contributed by atoms with Crippen LogP contribution in [0.5, 0.6) is 0 Å². The molecule has 2 aromatic rings. The van der Waals surface area contributed by atoms with Crippen molar-refractivity contribution in [2.24, 2.45) is 0 Å². The monoisotopic (exact) mass is 390 g/mol. The van der Waals surface area contributed by atoms with Crippen LogP contribution in [0.1, 0.15) is 25.3 Å². The van der Waals surface area contributed by atoms with Gasteiger partial charge in [0.15, 0.2) is 0 Å². The Bertz CT molecular complexity index is 821. The number of anilines is 1. The van der Waals surface area contributed by atoms with E-state index in [4.69, 9.17) is 23.2 Å². The summed E-state index contributed by atoms with van der Waals surface area (Å²) in [6.07, 6.45) is 1.82. The van der Waals surface area contributed by atoms with Crippen LogP contribution in [0, 0.1) is 0 Å². The van der Waals surface area contributed by atoms with Gasteiger partial charge in [0, 0.05) is 23.5 Å². The van der Waals surface area contributed by atoms with Crippen molar-refractivity contribution in [2.75, 3.05) is 11.9 Å². The van der Waals surface area contributed by atoms with E-state index in [-0.39, 0.29) is 11.9 Å². The average molecular weight is 391 g/mol. The highest BCUT2D eigenvalue weighted by molar-refractivity contribution is 6.35. The van der Waals surface area contributed by atoms with Gasteiger partial charge in [0.25, 0.3) is 5.91 Å². The fourth-order valence-electron chi connectivity index (χ4n) is 3.57. The molecule has 0 spiro atoms. The van der Waals surface area contributed by atoms with E-state index >= 15 is 0 Å². The van der Waals surface area contributed by atoms with E-state index in [0.29, 0.717) is 28.6 Å². The molecule has 0 radical (unpaired) electrons. The highest BCUT2D eigenvalue weighted by Crippen LogP contribution is 2.38. The lowest BCUT2D eigenvalue weighted by atomic mass is 9.85. The fraction of sp³-hybridized carbons (Fsp3) is 0.300. The number of imide groups is 1. The molecule has 0 saturated carbocycles. The van der Waals surface area contributed by atoms with Crippen LogP contribution in [0.3, 0.4) is 0 Å². The van der Waals surface area contributed by atoms with Crippen molar-refractivity contribution in [1.29, 1.82) is 0 Å². The second-order valence-corrected chi connectivity index (χ2v) is 7.43. The molecule has 1 saturated heterocycles. The van der Waals surface area contributed by atoms with Crippen molar-refractivity contribution < 1.29 is 9.59 Å². The molecular formula is C20H20Cl2N2O2. The van der Waals surface area contributed by atoms with Crippen molar-refractivity contribution >= 4 is 40.8 Å². The van der Waals surface area contributed by atoms with Crippen LogP contribution in [-0.4, -0.2) is 29.4 Å². The van der Waals surface area contributed by atoms with E-state index in [1.54, 1.807) is 30.1 Å². The predicted molar refractivity (Wildman–Crippen MR) is 105 cm³/mol. The number of rotatable bonds is 5. The summed E-state index contributed by atoms with van der Waals surface area (Å²) in [6, 6.07) is 14.1. The molecule has 1 heterocycles. The number of amides is 3. The van der Waals surface area contributed by atoms with Crippen LogP contribution in [0.4, 0.5) is 10.5 Å². The van der Waals surface area contributed by atoms with Crippen LogP contribution in [0.15, 0.2) is 48.5 Å². The lowest BCUT2D eigenvalue weighted by molar-refractivity contribution is -0.124. The third kappa shape index (κ3) is 3.19. The van der Waals surface area contributed by atoms with E-state index in [1.165, 1.54) is 4.90 Å². The van der Waals surface area contributed by atoms with Crippen LogP contribution < -0.4 is 4.90 Å². The summed E-state index contributed by atoms with van der Waals surface area (Å²) < 4.78 is 0. The first-order chi connectivity index (χ1) is 12.4. The maximum atomic E-state index is 13.4. The second kappa shape index (κ2) is 7.29. The minimum Gasteiger partial charge on any atom is -0.312 e. The minimum absolute atomic E-state index is 0.242. The quantitative estimate of drug-likeness (QED) is 0.660. The van der Waals surface area contributed by atoms with E-state index in [2.05, 4.69) is 0 Å². The topological polar surface area (TPSA) is 40.6 Å². The summed E-state index contributed by atoms with van der Waals surface area (Å²) in [5.74, 6) is -0.242. The molecular weight excluding hydrogens is 371 g/mol. The van der Waals surface area contributed by atoms with Crippen molar-refractivity contribution in [3.63, 3.8) is 0 Å². The molecule has 0 N–H and O–H groups in total. The number of likely N-dealkylation sites (N-methyl/N-ethyl adjacent to an activating group) is 1. The number of halogens is 2. The maximum absolute atomic E-state index is 13.4. The zero-order valence-electron chi connectivity index (χ0n) is 14.7. The van der Waals surface area contributed by atoms with Crippen molar-refractivity contribution in [2.45, 2.75) is 31.7 Å². The fourth-order valence-corrected chi connectivity index (χ4v) is 4.09. The Hall–Kier alpha value is -2.04. The molecule has 6 heteroatoms. The van der Waals surface area contributed by atoms with Gasteiger partial charge in [-0.3, -0.25) is 4.79 Å². The zero-order valence-corrected chi connectivity index (χ0v) is 16.2. The normalized spacial score (nSPS) is 20.2. The van der Waals surface area contributed by atoms with Crippen molar-refractivity contribution in [1.82, 2.24) is 4.90 Å². The number of carbonyl (C=O) groups excluding carboxylic acids is 2. The van der Waals surface area contributed by atoms with E-state index in [9.17, 15) is 9.59 Å². The van der Waals surface area contributed by atoms with Gasteiger partial charge in [0.1, 0.15) is 5.54 Å². The Morgan fingerprint density at radius 3 is 2.19 bits per heavy atom. The highest BCUT2D eigenvalue weighted by atomic mass is 35.5. The summed E-state index contributed by atoms with van der Waals surface area (Å²) in [4.78, 5) is 29.2. The second-order valence-electron chi connectivity index (χ2n) is 6.55. The number of nitrogens with zero attached hydrogens (tertiary/aromatic N) is 2. The maximum Gasteiger partial charge on any atom is 0.332 e. The standard InChI is InChI=1S/C20H20Cl2N2O2/c1-3-9-20(13-14-7-5-4-6-8-14)18(25)24(19(26)23(20)2)17-11-15(21)10-16(22)12-17/h4-8,10-12H,3,9,13H2,1-2H3. The predicted octanol–water partition coefficient (Wildman–Crippen LogP) is 5.17. The largest absolute Gasteiger partial charge is 0.332 e. The smallest absolute Gasteiger partial charge is 0.312 e. The summed E-state index contributed by atoms with van der Waals surface area (Å²) in [6.45, 7) is 2.01. The van der Waals surface area contributed by atoms with Crippen molar-refractivity contribution in [3.8, 4) is 0 Å². The Balaban J connectivity index is 2.05. The summed E-state index contributed by atoms with van der Waals surface area (Å²) >= 11 is 12.2. The molecule has 1 unspecified atom stereocenters. The van der Waals surface area contributed by atoms with Gasteiger partial charge in [-0.05, 0) is 30.2 Å². The molecule has 1 atom stereocenters. The minimum atomic E-state index is -0.915. The van der Waals surface area contributed by atoms with Crippen LogP contribution in [0.25, 0.3) is 0 Å². The zero-order chi connectivity index (χ0) is 18.9. The molecule has 1 aliphatic rings. The molecule has 0 aromatic heterocycles. The molecule has 1 fully saturated rings. The van der Waals surface area contributed by atoms with Gasteiger partial charge in [-0.1, -0.05) is 66.9 Å². The number of benzene rings is 2. The van der Waals surface area contributed by atoms with Crippen LogP contribution >= 0.6 is 23.2 Å². The van der Waals surface area contributed by atoms with Gasteiger partial charge in [-0.25, -0.2) is 9.69 Å². The molecule has 136 valence electrons. The lowest BCUT2D eigenvalue weighted by Gasteiger charge is -2.32. The number of urea groups is 1. The SMILES string of the molecule is CCCC1(Cc2ccccc2)C(=O)N(c2cc(Cl)cc(Cl)c2)C(=O)N1C. The molecule has 3 rings (SSSR count). The first-order valence-corrected chi connectivity index (χ1v) is 9.27. The summed E-state index contributed by atoms with van der Waals surface area (Å²) in [5.41, 5.74) is 0.498. The lowest BCUT2D eigenvalue weighted by Crippen LogP contribution is -2.49. The van der Waals surface area contributed by atoms with Crippen LogP contribution in [-0.2, 0) is 11.2 Å². The molecule has 2 aromatic carbocycles. The Morgan fingerprint density at radius 2 is 1.62 bits per heavy atom. The third-order valence-corrected chi connectivity index (χ3v) is 5.27. The van der Waals surface area contributed by atoms with Gasteiger partial charge in [-0.15, -0.1) is 0 Å². The van der Waals surface area contributed by atoms with E-state index < -0.39 is 5.54 Å². The first-order valence-electron chi connectivity index (χ1n) is 8.51. The Morgan fingerprint density at radius 1 is 1.00 bits per heavy atom. The van der Waals surface area contributed by atoms with Crippen LogP contribution in [0.2, 0.25) is 10.0 Å². The van der Waals surface area contributed by atoms with Gasteiger partial charge in [-0.2, -0.15) is 0 Å². The van der Waals surface area contributed by atoms with Gasteiger partial charge >= 0.3 is 6.03 Å². The molecule has 1 aliphatic heterocycles. The average Bonchev–Trinajstić information content (AvgIpc) is 2.77. The molecule has 3 amide bonds. The Kier molecular flexibility index (Phi) is 5.26. The molecule has 0 bridgehead atoms. The first kappa shape index (κ1) is 18.7. The molecule has 4 nitrogen and oxygen atoms in total. The number of hydrogen-bond acceptors (Lipinski definition) is 2. The van der Waals surface area contributed by atoms with E-state index in [0.717, 1.165) is 12.0 Å². The Labute approximate surface area is 163 Å². The van der Waals surface area contributed by atoms with Crippen molar-refractivity contribution in [3.05, 3.63) is 64.1 Å². The highest BCUT2D eigenvalue weighted by Gasteiger charge is 2.55. The molecule has 0 aliphatic carbocycles.